The largest absolute Gasteiger partial charge is 0.371 e. The first-order chi connectivity index (χ1) is 5.25. The molecule has 0 aromatic heterocycles. The highest BCUT2D eigenvalue weighted by Crippen LogP contribution is 2.31. The fraction of sp³-hybridized carbons (Fsp3) is 0.600. The topological polar surface area (TPSA) is 9.23 Å². The number of fused-ring (bicyclic) bond motifs is 1. The third-order valence-corrected chi connectivity index (χ3v) is 2.44. The van der Waals surface area contributed by atoms with Crippen LogP contribution in [-0.4, -0.2) is 12.2 Å². The zero-order valence-corrected chi connectivity index (χ0v) is 7.08. The summed E-state index contributed by atoms with van der Waals surface area (Å²) in [5.41, 5.74) is 1.38. The molecule has 0 aromatic carbocycles. The monoisotopic (exact) mass is 150 g/mol. The van der Waals surface area contributed by atoms with Gasteiger partial charge in [-0.3, -0.25) is 0 Å². The number of ether oxygens (including phenoxy) is 1. The minimum absolute atomic E-state index is 0.369. The van der Waals surface area contributed by atoms with E-state index in [2.05, 4.69) is 32.1 Å². The molecule has 1 aliphatic carbocycles. The van der Waals surface area contributed by atoms with E-state index in [4.69, 9.17) is 4.74 Å². The van der Waals surface area contributed by atoms with Crippen molar-refractivity contribution in [1.82, 2.24) is 0 Å². The van der Waals surface area contributed by atoms with Crippen molar-refractivity contribution in [3.05, 3.63) is 23.8 Å². The van der Waals surface area contributed by atoms with E-state index in [-0.39, 0.29) is 0 Å². The van der Waals surface area contributed by atoms with Crippen molar-refractivity contribution >= 4 is 0 Å². The predicted molar refractivity (Wildman–Crippen MR) is 45.3 cm³/mol. The third kappa shape index (κ3) is 1.25. The van der Waals surface area contributed by atoms with Gasteiger partial charge in [-0.25, -0.2) is 0 Å². The van der Waals surface area contributed by atoms with E-state index in [9.17, 15) is 0 Å². The van der Waals surface area contributed by atoms with Crippen molar-refractivity contribution in [2.75, 3.05) is 0 Å². The van der Waals surface area contributed by atoms with Crippen LogP contribution in [0.25, 0.3) is 0 Å². The molecule has 0 N–H and O–H groups in total. The van der Waals surface area contributed by atoms with E-state index in [1.807, 2.05) is 0 Å². The molecule has 60 valence electrons. The molecule has 0 bridgehead atoms. The van der Waals surface area contributed by atoms with Crippen LogP contribution < -0.4 is 0 Å². The Morgan fingerprint density at radius 1 is 1.55 bits per heavy atom. The highest BCUT2D eigenvalue weighted by Gasteiger charge is 2.30. The maximum Gasteiger partial charge on any atom is 0.0826 e. The summed E-state index contributed by atoms with van der Waals surface area (Å²) in [5, 5.41) is 0. The maximum absolute atomic E-state index is 5.68. The number of hydrogen-bond acceptors (Lipinski definition) is 1. The van der Waals surface area contributed by atoms with E-state index in [0.717, 1.165) is 0 Å². The highest BCUT2D eigenvalue weighted by atomic mass is 16.5. The Labute approximate surface area is 67.7 Å². The first-order valence-electron chi connectivity index (χ1n) is 4.28. The lowest BCUT2D eigenvalue weighted by molar-refractivity contribution is 0.0771. The Kier molecular flexibility index (Phi) is 1.61. The van der Waals surface area contributed by atoms with Gasteiger partial charge in [-0.15, -0.1) is 0 Å². The van der Waals surface area contributed by atoms with Gasteiger partial charge in [0.25, 0.3) is 0 Å². The first kappa shape index (κ1) is 7.11. The molecule has 2 aliphatic rings. The second-order valence-corrected chi connectivity index (χ2v) is 3.58. The SMILES string of the molecule is CC1=CC2CC(C)OC2C=C1. The standard InChI is InChI=1S/C10H14O/c1-7-3-4-10-9(5-7)6-8(2)11-10/h3-5,8-10H,6H2,1-2H3. The third-order valence-electron chi connectivity index (χ3n) is 2.44. The molecule has 0 amide bonds. The Morgan fingerprint density at radius 3 is 3.18 bits per heavy atom. The molecule has 1 heterocycles. The molecular formula is C10H14O. The molecule has 1 aliphatic heterocycles. The quantitative estimate of drug-likeness (QED) is 0.515. The number of rotatable bonds is 0. The second-order valence-electron chi connectivity index (χ2n) is 3.58. The number of hydrogen-bond donors (Lipinski definition) is 0. The molecule has 1 fully saturated rings. The zero-order valence-electron chi connectivity index (χ0n) is 7.08. The van der Waals surface area contributed by atoms with E-state index in [0.29, 0.717) is 18.1 Å². The van der Waals surface area contributed by atoms with Gasteiger partial charge in [0.1, 0.15) is 0 Å². The van der Waals surface area contributed by atoms with Gasteiger partial charge in [0.05, 0.1) is 12.2 Å². The smallest absolute Gasteiger partial charge is 0.0826 e. The van der Waals surface area contributed by atoms with Crippen LogP contribution in [-0.2, 0) is 4.74 Å². The van der Waals surface area contributed by atoms with Gasteiger partial charge < -0.3 is 4.74 Å². The molecule has 0 saturated carbocycles. The summed E-state index contributed by atoms with van der Waals surface area (Å²) in [4.78, 5) is 0. The van der Waals surface area contributed by atoms with Gasteiger partial charge in [0.2, 0.25) is 0 Å². The molecule has 3 atom stereocenters. The van der Waals surface area contributed by atoms with Gasteiger partial charge in [-0.1, -0.05) is 23.8 Å². The van der Waals surface area contributed by atoms with Crippen molar-refractivity contribution in [1.29, 1.82) is 0 Å². The van der Waals surface area contributed by atoms with Crippen LogP contribution in [0.15, 0.2) is 23.8 Å². The first-order valence-corrected chi connectivity index (χ1v) is 4.28. The predicted octanol–water partition coefficient (Wildman–Crippen LogP) is 2.30. The van der Waals surface area contributed by atoms with Crippen LogP contribution in [0.4, 0.5) is 0 Å². The van der Waals surface area contributed by atoms with Crippen LogP contribution in [0.3, 0.4) is 0 Å². The average molecular weight is 150 g/mol. The summed E-state index contributed by atoms with van der Waals surface area (Å²) >= 11 is 0. The molecule has 2 rings (SSSR count). The molecule has 0 aromatic rings. The zero-order chi connectivity index (χ0) is 7.84. The molecule has 3 unspecified atom stereocenters. The fourth-order valence-electron chi connectivity index (χ4n) is 1.93. The van der Waals surface area contributed by atoms with E-state index in [1.165, 1.54) is 12.0 Å². The molecule has 11 heavy (non-hydrogen) atoms. The highest BCUT2D eigenvalue weighted by molar-refractivity contribution is 5.25. The van der Waals surface area contributed by atoms with Gasteiger partial charge in [-0.05, 0) is 20.3 Å². The normalized spacial score (nSPS) is 42.0. The van der Waals surface area contributed by atoms with Crippen molar-refractivity contribution < 1.29 is 4.74 Å². The van der Waals surface area contributed by atoms with Gasteiger partial charge in [0.15, 0.2) is 0 Å². The summed E-state index contributed by atoms with van der Waals surface area (Å²) in [6.45, 7) is 4.30. The van der Waals surface area contributed by atoms with Crippen molar-refractivity contribution in [2.45, 2.75) is 32.5 Å². The lowest BCUT2D eigenvalue weighted by Crippen LogP contribution is -2.13. The lowest BCUT2D eigenvalue weighted by Gasteiger charge is -2.15. The van der Waals surface area contributed by atoms with E-state index in [1.54, 1.807) is 0 Å². The van der Waals surface area contributed by atoms with E-state index < -0.39 is 0 Å². The van der Waals surface area contributed by atoms with Gasteiger partial charge in [0, 0.05) is 5.92 Å². The molecule has 1 nitrogen and oxygen atoms in total. The van der Waals surface area contributed by atoms with Crippen LogP contribution in [0.5, 0.6) is 0 Å². The molecule has 0 spiro atoms. The van der Waals surface area contributed by atoms with E-state index >= 15 is 0 Å². The summed E-state index contributed by atoms with van der Waals surface area (Å²) in [7, 11) is 0. The Morgan fingerprint density at radius 2 is 2.36 bits per heavy atom. The van der Waals surface area contributed by atoms with Crippen molar-refractivity contribution in [2.24, 2.45) is 5.92 Å². The Balaban J connectivity index is 2.17. The molecule has 1 saturated heterocycles. The number of allylic oxidation sites excluding steroid dienone is 2. The van der Waals surface area contributed by atoms with Crippen molar-refractivity contribution in [3.63, 3.8) is 0 Å². The maximum atomic E-state index is 5.68. The Hall–Kier alpha value is -0.560. The molecule has 1 heteroatoms. The summed E-state index contributed by atoms with van der Waals surface area (Å²) in [5.74, 6) is 0.648. The minimum Gasteiger partial charge on any atom is -0.371 e. The van der Waals surface area contributed by atoms with Crippen LogP contribution >= 0.6 is 0 Å². The van der Waals surface area contributed by atoms with Crippen LogP contribution in [0, 0.1) is 5.92 Å². The van der Waals surface area contributed by atoms with Crippen LogP contribution in [0.2, 0.25) is 0 Å². The second kappa shape index (κ2) is 2.49. The average Bonchev–Trinajstić information content (AvgIpc) is 2.27. The van der Waals surface area contributed by atoms with Gasteiger partial charge >= 0.3 is 0 Å². The van der Waals surface area contributed by atoms with Gasteiger partial charge in [-0.2, -0.15) is 0 Å². The fourth-order valence-corrected chi connectivity index (χ4v) is 1.93. The molecule has 0 radical (unpaired) electrons. The molecular weight excluding hydrogens is 136 g/mol. The van der Waals surface area contributed by atoms with Crippen LogP contribution in [0.1, 0.15) is 20.3 Å². The summed E-state index contributed by atoms with van der Waals surface area (Å²) in [6.07, 6.45) is 8.66. The Bertz CT molecular complexity index is 215. The summed E-state index contributed by atoms with van der Waals surface area (Å²) in [6, 6.07) is 0. The minimum atomic E-state index is 0.369. The van der Waals surface area contributed by atoms with Crippen molar-refractivity contribution in [3.8, 4) is 0 Å². The summed E-state index contributed by atoms with van der Waals surface area (Å²) < 4.78 is 5.68. The lowest BCUT2D eigenvalue weighted by atomic mass is 9.93.